The van der Waals surface area contributed by atoms with Crippen LogP contribution in [0, 0.1) is 23.7 Å². The Labute approximate surface area is 600 Å². The first-order chi connectivity index (χ1) is 47.1. The molecule has 0 saturated heterocycles. The van der Waals surface area contributed by atoms with Crippen LogP contribution in [-0.2, 0) is 65.4 Å². The molecule has 4 unspecified atom stereocenters. The fraction of sp³-hybridized carbons (Fsp3) is 0.949. The Morgan fingerprint density at radius 2 is 0.490 bits per heavy atom. The number of hydrogen-bond donors (Lipinski definition) is 3. The summed E-state index contributed by atoms with van der Waals surface area (Å²) < 4.78 is 68.6. The van der Waals surface area contributed by atoms with Gasteiger partial charge in [-0.25, -0.2) is 9.13 Å². The third kappa shape index (κ3) is 71.1. The topological polar surface area (TPSA) is 237 Å². The van der Waals surface area contributed by atoms with Crippen molar-refractivity contribution < 1.29 is 80.2 Å². The molecule has 98 heavy (non-hydrogen) atoms. The van der Waals surface area contributed by atoms with Gasteiger partial charge in [0, 0.05) is 25.7 Å². The number of ether oxygens (including phenoxy) is 4. The van der Waals surface area contributed by atoms with E-state index in [0.717, 1.165) is 114 Å². The van der Waals surface area contributed by atoms with Gasteiger partial charge < -0.3 is 33.8 Å². The van der Waals surface area contributed by atoms with Gasteiger partial charge >= 0.3 is 39.5 Å². The molecule has 0 saturated carbocycles. The van der Waals surface area contributed by atoms with E-state index >= 15 is 0 Å². The Hall–Kier alpha value is -1.94. The molecule has 0 amide bonds. The van der Waals surface area contributed by atoms with Gasteiger partial charge in [0.05, 0.1) is 26.4 Å². The van der Waals surface area contributed by atoms with Gasteiger partial charge in [-0.05, 0) is 49.4 Å². The molecule has 0 aromatic carbocycles. The minimum absolute atomic E-state index is 0.104. The van der Waals surface area contributed by atoms with Crippen molar-refractivity contribution in [3.8, 4) is 0 Å². The summed E-state index contributed by atoms with van der Waals surface area (Å²) in [4.78, 5) is 72.9. The number of aliphatic hydroxyl groups excluding tert-OH is 1. The van der Waals surface area contributed by atoms with Crippen molar-refractivity contribution in [2.75, 3.05) is 39.6 Å². The molecule has 6 atom stereocenters. The van der Waals surface area contributed by atoms with Crippen LogP contribution in [-0.4, -0.2) is 96.7 Å². The van der Waals surface area contributed by atoms with E-state index in [1.54, 1.807) is 0 Å². The summed E-state index contributed by atoms with van der Waals surface area (Å²) in [5, 5.41) is 10.6. The smallest absolute Gasteiger partial charge is 0.462 e. The van der Waals surface area contributed by atoms with Crippen LogP contribution in [0.2, 0.25) is 0 Å². The summed E-state index contributed by atoms with van der Waals surface area (Å²) >= 11 is 0. The average Bonchev–Trinajstić information content (AvgIpc) is 1.10. The van der Waals surface area contributed by atoms with Crippen molar-refractivity contribution in [3.63, 3.8) is 0 Å². The van der Waals surface area contributed by atoms with E-state index in [-0.39, 0.29) is 25.7 Å². The monoisotopic (exact) mass is 1440 g/mol. The second-order valence-electron chi connectivity index (χ2n) is 30.1. The predicted molar refractivity (Wildman–Crippen MR) is 400 cm³/mol. The number of carbonyl (C=O) groups excluding carboxylic acids is 4. The number of phosphoric acid groups is 2. The van der Waals surface area contributed by atoms with Crippen molar-refractivity contribution in [2.24, 2.45) is 23.7 Å². The van der Waals surface area contributed by atoms with Crippen molar-refractivity contribution in [1.82, 2.24) is 0 Å². The first kappa shape index (κ1) is 96.1. The second-order valence-corrected chi connectivity index (χ2v) is 33.0. The minimum Gasteiger partial charge on any atom is -0.462 e. The third-order valence-corrected chi connectivity index (χ3v) is 20.6. The molecule has 0 aliphatic heterocycles. The maximum absolute atomic E-state index is 13.1. The fourth-order valence-corrected chi connectivity index (χ4v) is 13.6. The number of unbranched alkanes of at least 4 members (excludes halogenated alkanes) is 41. The van der Waals surface area contributed by atoms with Crippen LogP contribution >= 0.6 is 15.6 Å². The SMILES string of the molecule is CCC(C)CCCCCCCCCCC(=O)O[C@H](COC(=O)CCCCCCCCCCC(C)C)COP(=O)(O)OCC(O)COP(=O)(O)OC[C@@H](COC(=O)CCCCCCCCCCCCCCCC(C)C)OC(=O)CCCCCCCCCCCCCCCCCCC(C)C. The van der Waals surface area contributed by atoms with E-state index in [0.29, 0.717) is 25.7 Å². The van der Waals surface area contributed by atoms with E-state index in [2.05, 4.69) is 55.4 Å². The maximum Gasteiger partial charge on any atom is 0.472 e. The lowest BCUT2D eigenvalue weighted by molar-refractivity contribution is -0.161. The van der Waals surface area contributed by atoms with Gasteiger partial charge in [-0.3, -0.25) is 37.3 Å². The molecule has 0 rings (SSSR count). The van der Waals surface area contributed by atoms with Gasteiger partial charge in [-0.2, -0.15) is 0 Å². The molecule has 582 valence electrons. The number of rotatable bonds is 76. The molecular formula is C79H154O17P2. The Balaban J connectivity index is 5.25. The summed E-state index contributed by atoms with van der Waals surface area (Å²) in [7, 11) is -9.92. The molecular weight excluding hydrogens is 1280 g/mol. The number of aliphatic hydroxyl groups is 1. The molecule has 0 aliphatic rings. The van der Waals surface area contributed by atoms with E-state index in [9.17, 15) is 43.2 Å². The summed E-state index contributed by atoms with van der Waals surface area (Å²) in [6.45, 7) is 14.2. The largest absolute Gasteiger partial charge is 0.472 e. The van der Waals surface area contributed by atoms with Crippen molar-refractivity contribution in [3.05, 3.63) is 0 Å². The lowest BCUT2D eigenvalue weighted by Gasteiger charge is -2.21. The van der Waals surface area contributed by atoms with Gasteiger partial charge in [0.2, 0.25) is 0 Å². The first-order valence-electron chi connectivity index (χ1n) is 40.7. The number of esters is 4. The van der Waals surface area contributed by atoms with Crippen molar-refractivity contribution in [1.29, 1.82) is 0 Å². The van der Waals surface area contributed by atoms with Crippen LogP contribution in [0.25, 0.3) is 0 Å². The summed E-state index contributed by atoms with van der Waals surface area (Å²) in [6, 6.07) is 0. The molecule has 0 spiro atoms. The highest BCUT2D eigenvalue weighted by atomic mass is 31.2. The van der Waals surface area contributed by atoms with Gasteiger partial charge in [-0.1, -0.05) is 351 Å². The normalized spacial score (nSPS) is 14.3. The van der Waals surface area contributed by atoms with E-state index in [4.69, 9.17) is 37.0 Å². The van der Waals surface area contributed by atoms with Crippen LogP contribution in [0.1, 0.15) is 402 Å². The van der Waals surface area contributed by atoms with Crippen LogP contribution in [0.3, 0.4) is 0 Å². The number of hydrogen-bond acceptors (Lipinski definition) is 15. The third-order valence-electron chi connectivity index (χ3n) is 18.7. The highest BCUT2D eigenvalue weighted by molar-refractivity contribution is 7.47. The quantitative estimate of drug-likeness (QED) is 0.0222. The summed E-state index contributed by atoms with van der Waals surface area (Å²) in [6.07, 6.45) is 54.1. The predicted octanol–water partition coefficient (Wildman–Crippen LogP) is 23.2. The van der Waals surface area contributed by atoms with E-state index < -0.39 is 97.5 Å². The van der Waals surface area contributed by atoms with Crippen molar-refractivity contribution >= 4 is 39.5 Å². The summed E-state index contributed by atoms with van der Waals surface area (Å²) in [5.74, 6) is 0.978. The lowest BCUT2D eigenvalue weighted by Crippen LogP contribution is -2.30. The van der Waals surface area contributed by atoms with Gasteiger partial charge in [0.25, 0.3) is 0 Å². The zero-order valence-corrected chi connectivity index (χ0v) is 66.2. The lowest BCUT2D eigenvalue weighted by atomic mass is 9.99. The second kappa shape index (κ2) is 68.2. The molecule has 0 aromatic heterocycles. The molecule has 3 N–H and O–H groups in total. The molecule has 0 aromatic rings. The van der Waals surface area contributed by atoms with Crippen LogP contribution in [0.4, 0.5) is 0 Å². The highest BCUT2D eigenvalue weighted by Gasteiger charge is 2.30. The van der Waals surface area contributed by atoms with E-state index in [1.807, 2.05) is 0 Å². The Bertz CT molecular complexity index is 1920. The Morgan fingerprint density at radius 3 is 0.724 bits per heavy atom. The standard InChI is InChI=1S/C79H154O17P2/c1-9-72(8)58-50-42-34-28-30-38-46-54-62-79(84)96-75(66-90-77(82)60-52-44-36-29-27-33-41-49-57-71(6)7)68-94-98(87,88)92-64-73(80)63-91-97(85,86)93-67-74(65-89-76(81)59-51-43-35-25-21-18-14-16-20-24-32-40-48-56-70(4)5)95-78(83)61-53-45-37-26-22-17-13-11-10-12-15-19-23-31-39-47-55-69(2)3/h69-75,80H,9-68H2,1-8H3,(H,85,86)(H,87,88)/t72?,73?,74-,75-/m1/s1. The zero-order valence-electron chi connectivity index (χ0n) is 64.4. The van der Waals surface area contributed by atoms with Crippen LogP contribution in [0.15, 0.2) is 0 Å². The van der Waals surface area contributed by atoms with Gasteiger partial charge in [0.15, 0.2) is 12.2 Å². The van der Waals surface area contributed by atoms with Gasteiger partial charge in [0.1, 0.15) is 19.3 Å². The Kier molecular flexibility index (Phi) is 66.8. The molecule has 0 fully saturated rings. The Morgan fingerprint density at radius 1 is 0.286 bits per heavy atom. The van der Waals surface area contributed by atoms with Gasteiger partial charge in [-0.15, -0.1) is 0 Å². The first-order valence-corrected chi connectivity index (χ1v) is 43.7. The molecule has 17 nitrogen and oxygen atoms in total. The zero-order chi connectivity index (χ0) is 72.4. The van der Waals surface area contributed by atoms with Crippen LogP contribution < -0.4 is 0 Å². The molecule has 0 heterocycles. The minimum atomic E-state index is -4.96. The molecule has 0 radical (unpaired) electrons. The van der Waals surface area contributed by atoms with Crippen LogP contribution in [0.5, 0.6) is 0 Å². The fourth-order valence-electron chi connectivity index (χ4n) is 12.0. The number of carbonyl (C=O) groups is 4. The van der Waals surface area contributed by atoms with Crippen molar-refractivity contribution in [2.45, 2.75) is 420 Å². The molecule has 19 heteroatoms. The number of phosphoric ester groups is 2. The molecule has 0 aliphatic carbocycles. The van der Waals surface area contributed by atoms with E-state index in [1.165, 1.54) is 205 Å². The molecule has 0 bridgehead atoms. The average molecular weight is 1440 g/mol. The maximum atomic E-state index is 13.1. The highest BCUT2D eigenvalue weighted by Crippen LogP contribution is 2.45. The summed E-state index contributed by atoms with van der Waals surface area (Å²) in [5.41, 5.74) is 0.